The van der Waals surface area contributed by atoms with E-state index in [0.717, 1.165) is 18.9 Å². The average Bonchev–Trinajstić information content (AvgIpc) is 2.77. The van der Waals surface area contributed by atoms with Gasteiger partial charge >= 0.3 is 0 Å². The highest BCUT2D eigenvalue weighted by Crippen LogP contribution is 2.36. The molecule has 108 valence electrons. The molecule has 0 unspecified atom stereocenters. The maximum absolute atomic E-state index is 4.42. The third-order valence-corrected chi connectivity index (χ3v) is 4.99. The highest BCUT2D eigenvalue weighted by Gasteiger charge is 2.22. The van der Waals surface area contributed by atoms with Gasteiger partial charge in [-0.3, -0.25) is 0 Å². The van der Waals surface area contributed by atoms with E-state index in [-0.39, 0.29) is 5.54 Å². The SMILES string of the molecule is CC1CCC(c2nnc(CCNC(C)(C)C)s2)CC1. The van der Waals surface area contributed by atoms with Crippen LogP contribution in [0.3, 0.4) is 0 Å². The molecule has 1 aliphatic carbocycles. The molecule has 1 aromatic heterocycles. The molecule has 0 amide bonds. The van der Waals surface area contributed by atoms with Crippen molar-refractivity contribution in [3.8, 4) is 0 Å². The average molecular weight is 281 g/mol. The van der Waals surface area contributed by atoms with Crippen molar-refractivity contribution < 1.29 is 0 Å². The Morgan fingerprint density at radius 1 is 1.16 bits per heavy atom. The van der Waals surface area contributed by atoms with Crippen LogP contribution in [-0.2, 0) is 6.42 Å². The van der Waals surface area contributed by atoms with Crippen molar-refractivity contribution >= 4 is 11.3 Å². The molecule has 1 saturated carbocycles. The Labute approximate surface area is 121 Å². The summed E-state index contributed by atoms with van der Waals surface area (Å²) in [6, 6.07) is 0. The molecule has 19 heavy (non-hydrogen) atoms. The maximum atomic E-state index is 4.42. The van der Waals surface area contributed by atoms with Gasteiger partial charge in [0.1, 0.15) is 10.0 Å². The second kappa shape index (κ2) is 6.31. The quantitative estimate of drug-likeness (QED) is 0.913. The first kappa shape index (κ1) is 14.9. The lowest BCUT2D eigenvalue weighted by molar-refractivity contribution is 0.346. The summed E-state index contributed by atoms with van der Waals surface area (Å²) in [6.45, 7) is 9.94. The molecule has 0 spiro atoms. The fraction of sp³-hybridized carbons (Fsp3) is 0.867. The summed E-state index contributed by atoms with van der Waals surface area (Å²) < 4.78 is 0. The molecule has 4 heteroatoms. The van der Waals surface area contributed by atoms with Crippen LogP contribution in [0.15, 0.2) is 0 Å². The lowest BCUT2D eigenvalue weighted by Crippen LogP contribution is -2.37. The van der Waals surface area contributed by atoms with E-state index in [1.165, 1.54) is 35.7 Å². The number of nitrogens with zero attached hydrogens (tertiary/aromatic N) is 2. The molecule has 0 bridgehead atoms. The van der Waals surface area contributed by atoms with Gasteiger partial charge in [0.25, 0.3) is 0 Å². The lowest BCUT2D eigenvalue weighted by atomic mass is 9.83. The van der Waals surface area contributed by atoms with Crippen LogP contribution in [0.25, 0.3) is 0 Å². The minimum Gasteiger partial charge on any atom is -0.312 e. The molecular weight excluding hydrogens is 254 g/mol. The Hall–Kier alpha value is -0.480. The van der Waals surface area contributed by atoms with E-state index in [0.29, 0.717) is 5.92 Å². The molecule has 0 atom stereocenters. The van der Waals surface area contributed by atoms with E-state index in [9.17, 15) is 0 Å². The topological polar surface area (TPSA) is 37.8 Å². The molecule has 1 fully saturated rings. The molecule has 3 nitrogen and oxygen atoms in total. The van der Waals surface area contributed by atoms with Gasteiger partial charge in [-0.05, 0) is 39.5 Å². The monoisotopic (exact) mass is 281 g/mol. The zero-order chi connectivity index (χ0) is 13.9. The number of hydrogen-bond acceptors (Lipinski definition) is 4. The van der Waals surface area contributed by atoms with Crippen LogP contribution in [0, 0.1) is 5.92 Å². The zero-order valence-corrected chi connectivity index (χ0v) is 13.5. The summed E-state index contributed by atoms with van der Waals surface area (Å²) in [4.78, 5) is 0. The van der Waals surface area contributed by atoms with Crippen LogP contribution in [0.1, 0.15) is 69.3 Å². The van der Waals surface area contributed by atoms with Gasteiger partial charge in [0.2, 0.25) is 0 Å². The minimum absolute atomic E-state index is 0.188. The second-order valence-electron chi connectivity index (χ2n) is 6.92. The Bertz CT molecular complexity index is 386. The van der Waals surface area contributed by atoms with Gasteiger partial charge in [-0.1, -0.05) is 19.8 Å². The third-order valence-electron chi connectivity index (χ3n) is 3.84. The van der Waals surface area contributed by atoms with Crippen molar-refractivity contribution in [1.82, 2.24) is 15.5 Å². The molecular formula is C15H27N3S. The van der Waals surface area contributed by atoms with Gasteiger partial charge in [-0.15, -0.1) is 21.5 Å². The third kappa shape index (κ3) is 4.84. The minimum atomic E-state index is 0.188. The van der Waals surface area contributed by atoms with Crippen molar-refractivity contribution in [3.63, 3.8) is 0 Å². The fourth-order valence-corrected chi connectivity index (χ4v) is 3.60. The predicted octanol–water partition coefficient (Wildman–Crippen LogP) is 3.76. The molecule has 1 heterocycles. The van der Waals surface area contributed by atoms with Crippen LogP contribution in [0.4, 0.5) is 0 Å². The normalized spacial score (nSPS) is 24.6. The fourth-order valence-electron chi connectivity index (χ4n) is 2.58. The van der Waals surface area contributed by atoms with Crippen molar-refractivity contribution in [2.24, 2.45) is 5.92 Å². The largest absolute Gasteiger partial charge is 0.312 e. The zero-order valence-electron chi connectivity index (χ0n) is 12.7. The van der Waals surface area contributed by atoms with Crippen LogP contribution < -0.4 is 5.32 Å². The number of hydrogen-bond donors (Lipinski definition) is 1. The number of nitrogens with one attached hydrogen (secondary N) is 1. The van der Waals surface area contributed by atoms with Gasteiger partial charge in [-0.25, -0.2) is 0 Å². The smallest absolute Gasteiger partial charge is 0.120 e. The first-order valence-electron chi connectivity index (χ1n) is 7.51. The van der Waals surface area contributed by atoms with Gasteiger partial charge in [0.15, 0.2) is 0 Å². The molecule has 0 aromatic carbocycles. The van der Waals surface area contributed by atoms with E-state index in [4.69, 9.17) is 0 Å². The Morgan fingerprint density at radius 3 is 2.47 bits per heavy atom. The summed E-state index contributed by atoms with van der Waals surface area (Å²) in [5.74, 6) is 1.58. The van der Waals surface area contributed by atoms with Gasteiger partial charge in [-0.2, -0.15) is 0 Å². The summed E-state index contributed by atoms with van der Waals surface area (Å²) in [6.07, 6.45) is 6.31. The molecule has 1 N–H and O–H groups in total. The van der Waals surface area contributed by atoms with Crippen LogP contribution in [0.2, 0.25) is 0 Å². The summed E-state index contributed by atoms with van der Waals surface area (Å²) in [5.41, 5.74) is 0.188. The standard InChI is InChI=1S/C15H27N3S/c1-11-5-7-12(8-6-11)14-18-17-13(19-14)9-10-16-15(2,3)4/h11-12,16H,5-10H2,1-4H3. The van der Waals surface area contributed by atoms with E-state index < -0.39 is 0 Å². The highest BCUT2D eigenvalue weighted by atomic mass is 32.1. The Balaban J connectivity index is 1.82. The second-order valence-corrected chi connectivity index (χ2v) is 8.01. The van der Waals surface area contributed by atoms with E-state index in [2.05, 4.69) is 43.2 Å². The van der Waals surface area contributed by atoms with Crippen LogP contribution in [-0.4, -0.2) is 22.3 Å². The molecule has 2 rings (SSSR count). The summed E-state index contributed by atoms with van der Waals surface area (Å²) in [5, 5.41) is 14.7. The maximum Gasteiger partial charge on any atom is 0.120 e. The number of aromatic nitrogens is 2. The molecule has 1 aromatic rings. The van der Waals surface area contributed by atoms with Crippen molar-refractivity contribution in [2.45, 2.75) is 71.3 Å². The molecule has 0 saturated heterocycles. The lowest BCUT2D eigenvalue weighted by Gasteiger charge is -2.23. The van der Waals surface area contributed by atoms with Gasteiger partial charge in [0.05, 0.1) is 0 Å². The van der Waals surface area contributed by atoms with Crippen molar-refractivity contribution in [2.75, 3.05) is 6.54 Å². The highest BCUT2D eigenvalue weighted by molar-refractivity contribution is 7.11. The van der Waals surface area contributed by atoms with Crippen LogP contribution in [0.5, 0.6) is 0 Å². The van der Waals surface area contributed by atoms with Gasteiger partial charge < -0.3 is 5.32 Å². The van der Waals surface area contributed by atoms with Crippen molar-refractivity contribution in [1.29, 1.82) is 0 Å². The molecule has 0 aliphatic heterocycles. The Kier molecular flexibility index (Phi) is 4.96. The van der Waals surface area contributed by atoms with E-state index in [1.807, 2.05) is 11.3 Å². The molecule has 0 radical (unpaired) electrons. The van der Waals surface area contributed by atoms with Crippen LogP contribution >= 0.6 is 11.3 Å². The van der Waals surface area contributed by atoms with E-state index >= 15 is 0 Å². The number of rotatable bonds is 4. The predicted molar refractivity (Wildman–Crippen MR) is 81.7 cm³/mol. The van der Waals surface area contributed by atoms with E-state index in [1.54, 1.807) is 0 Å². The van der Waals surface area contributed by atoms with Crippen molar-refractivity contribution in [3.05, 3.63) is 10.0 Å². The van der Waals surface area contributed by atoms with Gasteiger partial charge in [0, 0.05) is 24.4 Å². The summed E-state index contributed by atoms with van der Waals surface area (Å²) >= 11 is 1.83. The first-order chi connectivity index (χ1) is 8.94. The summed E-state index contributed by atoms with van der Waals surface area (Å²) in [7, 11) is 0. The molecule has 1 aliphatic rings. The Morgan fingerprint density at radius 2 is 1.84 bits per heavy atom. The first-order valence-corrected chi connectivity index (χ1v) is 8.33.